The van der Waals surface area contributed by atoms with E-state index in [1.807, 2.05) is 0 Å². The van der Waals surface area contributed by atoms with Gasteiger partial charge in [-0.15, -0.1) is 0 Å². The van der Waals surface area contributed by atoms with Crippen LogP contribution in [0.15, 0.2) is 60.7 Å². The van der Waals surface area contributed by atoms with Crippen LogP contribution < -0.4 is 0 Å². The molecule has 0 saturated heterocycles. The Balaban J connectivity index is 2.49. The summed E-state index contributed by atoms with van der Waals surface area (Å²) in [7, 11) is 0. The van der Waals surface area contributed by atoms with Crippen molar-refractivity contribution in [1.29, 1.82) is 0 Å². The smallest absolute Gasteiger partial charge is 0.317 e. The molecule has 2 aromatic rings. The van der Waals surface area contributed by atoms with Gasteiger partial charge in [-0.2, -0.15) is 0 Å². The van der Waals surface area contributed by atoms with Crippen molar-refractivity contribution in [3.8, 4) is 0 Å². The summed E-state index contributed by atoms with van der Waals surface area (Å²) < 4.78 is 10.2. The maximum atomic E-state index is 13.2. The molecule has 2 rings (SSSR count). The number of hydrogen-bond donors (Lipinski definition) is 0. The third-order valence-electron chi connectivity index (χ3n) is 4.81. The van der Waals surface area contributed by atoms with Crippen LogP contribution in [0.25, 0.3) is 0 Å². The molecule has 0 spiro atoms. The Hall–Kier alpha value is -3.28. The van der Waals surface area contributed by atoms with E-state index in [0.717, 1.165) is 0 Å². The molecule has 0 fully saturated rings. The highest BCUT2D eigenvalue weighted by molar-refractivity contribution is 6.12. The Morgan fingerprint density at radius 1 is 0.667 bits per heavy atom. The predicted octanol–water partition coefficient (Wildman–Crippen LogP) is 3.75. The van der Waals surface area contributed by atoms with Gasteiger partial charge in [-0.05, 0) is 19.8 Å². The molecule has 2 atom stereocenters. The molecule has 0 aliphatic rings. The Morgan fingerprint density at radius 2 is 1.00 bits per heavy atom. The zero-order valence-electron chi connectivity index (χ0n) is 17.4. The minimum absolute atomic E-state index is 0.0703. The quantitative estimate of drug-likeness (QED) is 0.337. The fourth-order valence-electron chi connectivity index (χ4n) is 3.34. The van der Waals surface area contributed by atoms with Crippen molar-refractivity contribution in [2.24, 2.45) is 17.8 Å². The maximum absolute atomic E-state index is 13.2. The average molecular weight is 410 g/mol. The molecule has 6 heteroatoms. The van der Waals surface area contributed by atoms with Crippen LogP contribution in [0.2, 0.25) is 0 Å². The maximum Gasteiger partial charge on any atom is 0.317 e. The summed E-state index contributed by atoms with van der Waals surface area (Å²) in [6.45, 7) is 4.93. The van der Waals surface area contributed by atoms with Gasteiger partial charge in [-0.25, -0.2) is 0 Å². The number of esters is 2. The highest BCUT2D eigenvalue weighted by atomic mass is 16.5. The van der Waals surface area contributed by atoms with Crippen LogP contribution in [0.4, 0.5) is 0 Å². The second kappa shape index (κ2) is 11.0. The third kappa shape index (κ3) is 5.41. The molecule has 0 saturated carbocycles. The fraction of sp³-hybridized carbons (Fsp3) is 0.333. The molecule has 0 radical (unpaired) electrons. The van der Waals surface area contributed by atoms with Crippen LogP contribution in [0.1, 0.15) is 41.5 Å². The van der Waals surface area contributed by atoms with Crippen LogP contribution in [0, 0.1) is 17.8 Å². The first-order chi connectivity index (χ1) is 14.4. The van der Waals surface area contributed by atoms with Gasteiger partial charge >= 0.3 is 11.9 Å². The normalized spacial score (nSPS) is 13.6. The van der Waals surface area contributed by atoms with Crippen LogP contribution in [0.5, 0.6) is 0 Å². The predicted molar refractivity (Wildman–Crippen MR) is 111 cm³/mol. The zero-order chi connectivity index (χ0) is 22.1. The molecule has 0 amide bonds. The topological polar surface area (TPSA) is 86.7 Å². The van der Waals surface area contributed by atoms with Gasteiger partial charge < -0.3 is 9.47 Å². The van der Waals surface area contributed by atoms with E-state index in [9.17, 15) is 19.2 Å². The van der Waals surface area contributed by atoms with Gasteiger partial charge in [-0.1, -0.05) is 67.6 Å². The molecule has 0 N–H and O–H groups in total. The number of rotatable bonds is 10. The molecular weight excluding hydrogens is 384 g/mol. The summed E-state index contributed by atoms with van der Waals surface area (Å²) >= 11 is 0. The molecule has 0 aliphatic carbocycles. The Kier molecular flexibility index (Phi) is 8.47. The van der Waals surface area contributed by atoms with E-state index in [-0.39, 0.29) is 13.2 Å². The van der Waals surface area contributed by atoms with Gasteiger partial charge in [-0.3, -0.25) is 19.2 Å². The third-order valence-corrected chi connectivity index (χ3v) is 4.81. The fourth-order valence-corrected chi connectivity index (χ4v) is 3.34. The largest absolute Gasteiger partial charge is 0.465 e. The molecule has 0 bridgehead atoms. The number of Topliss-reactive ketones (excluding diaryl/α,β-unsaturated/α-hetero) is 2. The van der Waals surface area contributed by atoms with Crippen molar-refractivity contribution >= 4 is 23.5 Å². The van der Waals surface area contributed by atoms with Gasteiger partial charge in [0.1, 0.15) is 11.8 Å². The summed E-state index contributed by atoms with van der Waals surface area (Å²) in [6.07, 6.45) is 0. The van der Waals surface area contributed by atoms with Crippen molar-refractivity contribution in [3.05, 3.63) is 71.8 Å². The monoisotopic (exact) mass is 410 g/mol. The number of carbonyl (C=O) groups excluding carboxylic acids is 4. The molecule has 158 valence electrons. The van der Waals surface area contributed by atoms with Gasteiger partial charge in [0.05, 0.1) is 13.2 Å². The van der Waals surface area contributed by atoms with Crippen molar-refractivity contribution in [3.63, 3.8) is 0 Å². The van der Waals surface area contributed by atoms with Gasteiger partial charge in [0.25, 0.3) is 0 Å². The minimum atomic E-state index is -1.32. The lowest BCUT2D eigenvalue weighted by molar-refractivity contribution is -0.152. The van der Waals surface area contributed by atoms with Crippen molar-refractivity contribution in [1.82, 2.24) is 0 Å². The lowest BCUT2D eigenvalue weighted by atomic mass is 9.76. The average Bonchev–Trinajstić information content (AvgIpc) is 2.75. The zero-order valence-corrected chi connectivity index (χ0v) is 17.4. The van der Waals surface area contributed by atoms with Gasteiger partial charge in [0, 0.05) is 11.1 Å². The van der Waals surface area contributed by atoms with Gasteiger partial charge in [0.2, 0.25) is 0 Å². The Labute approximate surface area is 176 Å². The van der Waals surface area contributed by atoms with E-state index in [1.54, 1.807) is 74.5 Å². The number of ketones is 2. The highest BCUT2D eigenvalue weighted by Crippen LogP contribution is 2.30. The number of hydrogen-bond acceptors (Lipinski definition) is 6. The van der Waals surface area contributed by atoms with E-state index in [0.29, 0.717) is 11.1 Å². The molecule has 0 aliphatic heterocycles. The standard InChI is InChI=1S/C24H26O6/c1-4-29-23(27)19(21(25)17-12-8-6-9-13-17)16(3)20(24(28)30-5-2)22(26)18-14-10-7-11-15-18/h6-16,19-20H,4-5H2,1-3H3. The molecule has 30 heavy (non-hydrogen) atoms. The SMILES string of the molecule is CCOC(=O)C(C(=O)c1ccccc1)C(C)C(C(=O)OCC)C(=O)c1ccccc1. The molecule has 0 aromatic heterocycles. The summed E-state index contributed by atoms with van der Waals surface area (Å²) in [5.74, 6) is -6.16. The lowest BCUT2D eigenvalue weighted by Gasteiger charge is -2.27. The van der Waals surface area contributed by atoms with E-state index >= 15 is 0 Å². The van der Waals surface area contributed by atoms with Crippen LogP contribution >= 0.6 is 0 Å². The van der Waals surface area contributed by atoms with Crippen molar-refractivity contribution in [2.45, 2.75) is 20.8 Å². The number of ether oxygens (including phenoxy) is 2. The van der Waals surface area contributed by atoms with E-state index in [1.165, 1.54) is 6.92 Å². The molecular formula is C24H26O6. The first kappa shape index (κ1) is 23.0. The van der Waals surface area contributed by atoms with E-state index < -0.39 is 41.3 Å². The minimum Gasteiger partial charge on any atom is -0.465 e. The van der Waals surface area contributed by atoms with Crippen molar-refractivity contribution in [2.75, 3.05) is 13.2 Å². The van der Waals surface area contributed by atoms with Crippen molar-refractivity contribution < 1.29 is 28.7 Å². The molecule has 2 unspecified atom stereocenters. The lowest BCUT2D eigenvalue weighted by Crippen LogP contribution is -2.42. The van der Waals surface area contributed by atoms with Gasteiger partial charge in [0.15, 0.2) is 11.6 Å². The second-order valence-corrected chi connectivity index (χ2v) is 6.78. The van der Waals surface area contributed by atoms with Crippen LogP contribution in [0.3, 0.4) is 0 Å². The molecule has 6 nitrogen and oxygen atoms in total. The first-order valence-corrected chi connectivity index (χ1v) is 9.94. The molecule has 2 aromatic carbocycles. The van der Waals surface area contributed by atoms with Crippen LogP contribution in [-0.4, -0.2) is 36.7 Å². The summed E-state index contributed by atoms with van der Waals surface area (Å²) in [5, 5.41) is 0. The summed E-state index contributed by atoms with van der Waals surface area (Å²) in [4.78, 5) is 51.8. The Morgan fingerprint density at radius 3 is 1.30 bits per heavy atom. The van der Waals surface area contributed by atoms with Crippen LogP contribution in [-0.2, 0) is 19.1 Å². The second-order valence-electron chi connectivity index (χ2n) is 6.78. The molecule has 0 heterocycles. The van der Waals surface area contributed by atoms with E-state index in [2.05, 4.69) is 0 Å². The summed E-state index contributed by atoms with van der Waals surface area (Å²) in [6, 6.07) is 16.5. The Bertz CT molecular complexity index is 802. The highest BCUT2D eigenvalue weighted by Gasteiger charge is 2.44. The summed E-state index contributed by atoms with van der Waals surface area (Å²) in [5.41, 5.74) is 0.606. The number of benzene rings is 2. The first-order valence-electron chi connectivity index (χ1n) is 9.94. The van der Waals surface area contributed by atoms with E-state index in [4.69, 9.17) is 9.47 Å². The number of carbonyl (C=O) groups is 4.